The van der Waals surface area contributed by atoms with Crippen LogP contribution in [0.3, 0.4) is 0 Å². The van der Waals surface area contributed by atoms with E-state index in [1.54, 1.807) is 44.2 Å². The highest BCUT2D eigenvalue weighted by atomic mass is 35.5. The highest BCUT2D eigenvalue weighted by Gasteiger charge is 2.24. The third-order valence-corrected chi connectivity index (χ3v) is 4.35. The molecule has 0 spiro atoms. The molecule has 2 N–H and O–H groups in total. The lowest BCUT2D eigenvalue weighted by Gasteiger charge is -2.04. The van der Waals surface area contributed by atoms with Crippen LogP contribution in [0.2, 0.25) is 0 Å². The Balaban J connectivity index is 1.98. The molecule has 0 saturated heterocycles. The summed E-state index contributed by atoms with van der Waals surface area (Å²) in [5.74, 6) is -0.469. The number of fused-ring (bicyclic) bond motifs is 1. The first-order chi connectivity index (χ1) is 13.8. The molecule has 0 unspecified atom stereocenters. The topological polar surface area (TPSA) is 118 Å². The third kappa shape index (κ3) is 4.07. The van der Waals surface area contributed by atoms with E-state index in [0.29, 0.717) is 16.9 Å². The average molecular weight is 416 g/mol. The summed E-state index contributed by atoms with van der Waals surface area (Å²) in [4.78, 5) is 32.2. The number of halogens is 1. The average Bonchev–Trinajstić information content (AvgIpc) is 3.04. The van der Waals surface area contributed by atoms with E-state index >= 15 is 0 Å². The van der Waals surface area contributed by atoms with E-state index < -0.39 is 11.9 Å². The van der Waals surface area contributed by atoms with E-state index in [0.717, 1.165) is 0 Å². The van der Waals surface area contributed by atoms with Crippen molar-refractivity contribution < 1.29 is 23.5 Å². The van der Waals surface area contributed by atoms with Crippen molar-refractivity contribution in [2.75, 3.05) is 19.5 Å². The van der Waals surface area contributed by atoms with Crippen LogP contribution < -0.4 is 5.73 Å². The van der Waals surface area contributed by atoms with Crippen LogP contribution in [0.5, 0.6) is 0 Å². The molecule has 3 aromatic rings. The minimum absolute atomic E-state index is 0.0532. The maximum absolute atomic E-state index is 12.2. The van der Waals surface area contributed by atoms with Crippen LogP contribution in [0, 0.1) is 6.92 Å². The number of methoxy groups -OCH3 is 1. The fourth-order valence-electron chi connectivity index (χ4n) is 2.74. The number of nitrogen functional groups attached to an aromatic ring is 1. The van der Waals surface area contributed by atoms with E-state index in [4.69, 9.17) is 26.5 Å². The Hall–Kier alpha value is -3.39. The SMILES string of the molecule is CCOC(=O)c1c(C)oc2nc(/C(Cl)=C\c3ccc(C(=O)OC)cc3)nc(N)c12. The number of esters is 2. The fraction of sp³-hybridized carbons (Fsp3) is 0.200. The Morgan fingerprint density at radius 1 is 1.21 bits per heavy atom. The second-order valence-corrected chi connectivity index (χ2v) is 6.38. The van der Waals surface area contributed by atoms with Crippen LogP contribution in [0.4, 0.5) is 5.82 Å². The number of hydrogen-bond donors (Lipinski definition) is 1. The quantitative estimate of drug-likeness (QED) is 0.625. The zero-order valence-corrected chi connectivity index (χ0v) is 16.7. The molecule has 0 bridgehead atoms. The summed E-state index contributed by atoms with van der Waals surface area (Å²) in [5, 5.41) is 0.493. The van der Waals surface area contributed by atoms with Gasteiger partial charge in [0.15, 0.2) is 5.82 Å². The molecular formula is C20H18ClN3O5. The van der Waals surface area contributed by atoms with Gasteiger partial charge in [0, 0.05) is 0 Å². The lowest BCUT2D eigenvalue weighted by Crippen LogP contribution is -2.07. The Kier molecular flexibility index (Phi) is 5.84. The van der Waals surface area contributed by atoms with E-state index in [1.165, 1.54) is 7.11 Å². The van der Waals surface area contributed by atoms with E-state index in [1.807, 2.05) is 0 Å². The number of aromatic nitrogens is 2. The number of nitrogens with zero attached hydrogens (tertiary/aromatic N) is 2. The maximum atomic E-state index is 12.2. The number of hydrogen-bond acceptors (Lipinski definition) is 8. The highest BCUT2D eigenvalue weighted by molar-refractivity contribution is 6.50. The van der Waals surface area contributed by atoms with Crippen molar-refractivity contribution in [1.29, 1.82) is 0 Å². The molecule has 0 aliphatic carbocycles. The Labute approximate surface area is 171 Å². The van der Waals surface area contributed by atoms with Crippen LogP contribution in [0.1, 0.15) is 44.8 Å². The first-order valence-corrected chi connectivity index (χ1v) is 9.03. The monoisotopic (exact) mass is 415 g/mol. The van der Waals surface area contributed by atoms with E-state index in [2.05, 4.69) is 14.7 Å². The standard InChI is InChI=1S/C20H18ClN3O5/c1-4-28-20(26)14-10(2)29-18-15(14)16(22)23-17(24-18)13(21)9-11-5-7-12(8-6-11)19(25)27-3/h5-9H,4H2,1-3H3,(H2,22,23,24)/b13-9+. The van der Waals surface area contributed by atoms with Crippen LogP contribution in [0.25, 0.3) is 22.2 Å². The van der Waals surface area contributed by atoms with Crippen LogP contribution in [0.15, 0.2) is 28.7 Å². The van der Waals surface area contributed by atoms with Crippen LogP contribution >= 0.6 is 11.6 Å². The summed E-state index contributed by atoms with van der Waals surface area (Å²) >= 11 is 6.36. The molecule has 1 aromatic carbocycles. The summed E-state index contributed by atoms with van der Waals surface area (Å²) in [6, 6.07) is 6.63. The summed E-state index contributed by atoms with van der Waals surface area (Å²) in [5.41, 5.74) is 7.52. The first kappa shape index (κ1) is 20.3. The van der Waals surface area contributed by atoms with Crippen molar-refractivity contribution in [1.82, 2.24) is 9.97 Å². The van der Waals surface area contributed by atoms with Crippen molar-refractivity contribution in [3.8, 4) is 0 Å². The van der Waals surface area contributed by atoms with Crippen molar-refractivity contribution in [3.63, 3.8) is 0 Å². The molecule has 150 valence electrons. The molecule has 2 heterocycles. The minimum atomic E-state index is -0.556. The highest BCUT2D eigenvalue weighted by Crippen LogP contribution is 2.31. The summed E-state index contributed by atoms with van der Waals surface area (Å²) < 4.78 is 15.3. The van der Waals surface area contributed by atoms with Gasteiger partial charge in [0.1, 0.15) is 17.1 Å². The molecular weight excluding hydrogens is 398 g/mol. The smallest absolute Gasteiger partial charge is 0.342 e. The normalized spacial score (nSPS) is 11.5. The van der Waals surface area contributed by atoms with Gasteiger partial charge in [-0.15, -0.1) is 0 Å². The lowest BCUT2D eigenvalue weighted by atomic mass is 10.1. The maximum Gasteiger partial charge on any atom is 0.342 e. The van der Waals surface area contributed by atoms with Gasteiger partial charge >= 0.3 is 11.9 Å². The number of aryl methyl sites for hydroxylation is 1. The van der Waals surface area contributed by atoms with Crippen molar-refractivity contribution in [2.24, 2.45) is 0 Å². The predicted molar refractivity (Wildman–Crippen MR) is 108 cm³/mol. The largest absolute Gasteiger partial charge is 0.465 e. The van der Waals surface area contributed by atoms with Gasteiger partial charge in [-0.1, -0.05) is 23.7 Å². The van der Waals surface area contributed by atoms with E-state index in [9.17, 15) is 9.59 Å². The Morgan fingerprint density at radius 2 is 1.90 bits per heavy atom. The number of nitrogens with two attached hydrogens (primary N) is 1. The number of ether oxygens (including phenoxy) is 2. The Morgan fingerprint density at radius 3 is 2.52 bits per heavy atom. The van der Waals surface area contributed by atoms with Crippen molar-refractivity contribution in [3.05, 3.63) is 52.5 Å². The van der Waals surface area contributed by atoms with Gasteiger partial charge in [0.2, 0.25) is 5.71 Å². The first-order valence-electron chi connectivity index (χ1n) is 8.65. The zero-order valence-electron chi connectivity index (χ0n) is 16.0. The lowest BCUT2D eigenvalue weighted by molar-refractivity contribution is 0.0525. The molecule has 3 rings (SSSR count). The van der Waals surface area contributed by atoms with Gasteiger partial charge in [-0.3, -0.25) is 0 Å². The van der Waals surface area contributed by atoms with Gasteiger partial charge in [-0.25, -0.2) is 14.6 Å². The molecule has 29 heavy (non-hydrogen) atoms. The summed E-state index contributed by atoms with van der Waals surface area (Å²) in [6.45, 7) is 3.54. The van der Waals surface area contributed by atoms with Crippen LogP contribution in [-0.2, 0) is 9.47 Å². The van der Waals surface area contributed by atoms with E-state index in [-0.39, 0.29) is 39.9 Å². The van der Waals surface area contributed by atoms with Crippen molar-refractivity contribution >= 4 is 51.6 Å². The second-order valence-electron chi connectivity index (χ2n) is 5.97. The summed E-state index contributed by atoms with van der Waals surface area (Å²) in [7, 11) is 1.31. The van der Waals surface area contributed by atoms with Gasteiger partial charge in [0.25, 0.3) is 0 Å². The van der Waals surface area contributed by atoms with Crippen LogP contribution in [-0.4, -0.2) is 35.6 Å². The van der Waals surface area contributed by atoms with Gasteiger partial charge in [0.05, 0.1) is 29.7 Å². The summed E-state index contributed by atoms with van der Waals surface area (Å²) in [6.07, 6.45) is 1.62. The fourth-order valence-corrected chi connectivity index (χ4v) is 2.95. The number of carbonyl (C=O) groups is 2. The molecule has 0 fully saturated rings. The number of anilines is 1. The van der Waals surface area contributed by atoms with Gasteiger partial charge in [-0.2, -0.15) is 4.98 Å². The molecule has 0 aliphatic heterocycles. The molecule has 0 radical (unpaired) electrons. The third-order valence-electron chi connectivity index (χ3n) is 4.07. The molecule has 2 aromatic heterocycles. The predicted octanol–water partition coefficient (Wildman–Crippen LogP) is 3.81. The number of furan rings is 1. The van der Waals surface area contributed by atoms with Crippen molar-refractivity contribution in [2.45, 2.75) is 13.8 Å². The molecule has 0 atom stereocenters. The number of rotatable bonds is 5. The zero-order chi connectivity index (χ0) is 21.1. The molecule has 0 saturated carbocycles. The second kappa shape index (κ2) is 8.32. The molecule has 0 aliphatic rings. The molecule has 8 nitrogen and oxygen atoms in total. The number of benzene rings is 1. The number of carbonyl (C=O) groups excluding carboxylic acids is 2. The molecule has 9 heteroatoms. The van der Waals surface area contributed by atoms with Gasteiger partial charge < -0.3 is 19.6 Å². The van der Waals surface area contributed by atoms with Gasteiger partial charge in [-0.05, 0) is 37.6 Å². The molecule has 0 amide bonds. The Bertz CT molecular complexity index is 1120. The minimum Gasteiger partial charge on any atom is -0.465 e.